The number of pyridine rings is 1. The summed E-state index contributed by atoms with van der Waals surface area (Å²) in [6, 6.07) is 4.50. The molecule has 0 aliphatic heterocycles. The molecule has 110 valence electrons. The Morgan fingerprint density at radius 3 is 2.86 bits per heavy atom. The van der Waals surface area contributed by atoms with Gasteiger partial charge in [0, 0.05) is 16.7 Å². The van der Waals surface area contributed by atoms with Crippen LogP contribution in [0.5, 0.6) is 0 Å². The second-order valence-corrected chi connectivity index (χ2v) is 7.98. The van der Waals surface area contributed by atoms with Crippen molar-refractivity contribution in [3.8, 4) is 0 Å². The highest BCUT2D eigenvalue weighted by atomic mass is 32.1. The molecule has 3 aliphatic rings. The Balaban J connectivity index is 1.72. The maximum Gasteiger partial charge on any atom is 0.0709 e. The molecule has 0 N–H and O–H groups in total. The molecule has 0 amide bonds. The van der Waals surface area contributed by atoms with Crippen LogP contribution in [0.4, 0.5) is 0 Å². The predicted octanol–water partition coefficient (Wildman–Crippen LogP) is 5.01. The molecular weight excluding hydrogens is 274 g/mol. The van der Waals surface area contributed by atoms with Crippen LogP contribution in [0.3, 0.4) is 0 Å². The number of aromatic nitrogens is 1. The van der Waals surface area contributed by atoms with Crippen molar-refractivity contribution >= 4 is 18.2 Å². The molecule has 21 heavy (non-hydrogen) atoms. The summed E-state index contributed by atoms with van der Waals surface area (Å²) < 4.78 is 0. The van der Waals surface area contributed by atoms with Crippen LogP contribution in [0.1, 0.15) is 49.8 Å². The maximum atomic E-state index is 4.48. The summed E-state index contributed by atoms with van der Waals surface area (Å²) in [5.41, 5.74) is 3.69. The number of allylic oxidation sites excluding steroid dienone is 1. The van der Waals surface area contributed by atoms with Gasteiger partial charge >= 0.3 is 0 Å². The fourth-order valence-corrected chi connectivity index (χ4v) is 5.48. The van der Waals surface area contributed by atoms with Gasteiger partial charge in [0.05, 0.1) is 5.69 Å². The molecule has 1 nitrogen and oxygen atoms in total. The van der Waals surface area contributed by atoms with Crippen molar-refractivity contribution in [3.63, 3.8) is 0 Å². The topological polar surface area (TPSA) is 12.9 Å². The normalized spacial score (nSPS) is 36.7. The van der Waals surface area contributed by atoms with E-state index in [-0.39, 0.29) is 0 Å². The lowest BCUT2D eigenvalue weighted by Gasteiger charge is -2.45. The monoisotopic (exact) mass is 297 g/mol. The molecule has 3 aliphatic carbocycles. The van der Waals surface area contributed by atoms with Gasteiger partial charge in [-0.2, -0.15) is 0 Å². The lowest BCUT2D eigenvalue weighted by molar-refractivity contribution is 0.139. The van der Waals surface area contributed by atoms with Crippen molar-refractivity contribution in [3.05, 3.63) is 47.6 Å². The molecule has 2 heteroatoms. The van der Waals surface area contributed by atoms with Gasteiger partial charge in [-0.05, 0) is 79.4 Å². The van der Waals surface area contributed by atoms with Gasteiger partial charge in [0.15, 0.2) is 0 Å². The molecule has 0 radical (unpaired) electrons. The number of fused-ring (bicyclic) bond motifs is 2. The van der Waals surface area contributed by atoms with Crippen molar-refractivity contribution in [2.75, 3.05) is 0 Å². The van der Waals surface area contributed by atoms with Gasteiger partial charge in [-0.1, -0.05) is 13.2 Å². The molecule has 1 heterocycles. The van der Waals surface area contributed by atoms with E-state index >= 15 is 0 Å². The molecule has 3 fully saturated rings. The van der Waals surface area contributed by atoms with Crippen LogP contribution in [0, 0.1) is 17.8 Å². The average Bonchev–Trinajstić information content (AvgIpc) is 2.69. The van der Waals surface area contributed by atoms with Crippen molar-refractivity contribution < 1.29 is 0 Å². The van der Waals surface area contributed by atoms with E-state index in [0.29, 0.717) is 10.3 Å². The van der Waals surface area contributed by atoms with Crippen LogP contribution in [-0.4, -0.2) is 4.98 Å². The zero-order chi connectivity index (χ0) is 14.6. The molecule has 1 aromatic rings. The third-order valence-corrected chi connectivity index (χ3v) is 6.56. The summed E-state index contributed by atoms with van der Waals surface area (Å²) >= 11 is 4.32. The van der Waals surface area contributed by atoms with E-state index in [9.17, 15) is 0 Å². The van der Waals surface area contributed by atoms with Crippen molar-refractivity contribution in [2.45, 2.75) is 43.9 Å². The Morgan fingerprint density at radius 2 is 2.05 bits per heavy atom. The first-order valence-corrected chi connectivity index (χ1v) is 8.56. The zero-order valence-electron chi connectivity index (χ0n) is 12.5. The Labute approximate surface area is 133 Å². The number of rotatable bonds is 3. The second-order valence-electron chi connectivity index (χ2n) is 7.44. The lowest BCUT2D eigenvalue weighted by Crippen LogP contribution is -2.38. The van der Waals surface area contributed by atoms with Crippen molar-refractivity contribution in [2.24, 2.45) is 17.8 Å². The summed E-state index contributed by atoms with van der Waals surface area (Å²) in [7, 11) is 0. The SMILES string of the molecule is C=C(S)C(=C)c1cc(C23CCC4CC(CC4C2)C3)ccn1. The van der Waals surface area contributed by atoms with Crippen molar-refractivity contribution in [1.82, 2.24) is 4.98 Å². The minimum Gasteiger partial charge on any atom is -0.256 e. The van der Waals surface area contributed by atoms with E-state index in [1.54, 1.807) is 0 Å². The van der Waals surface area contributed by atoms with Crippen LogP contribution in [0.15, 0.2) is 36.4 Å². The van der Waals surface area contributed by atoms with Crippen LogP contribution in [-0.2, 0) is 5.41 Å². The van der Waals surface area contributed by atoms with E-state index < -0.39 is 0 Å². The van der Waals surface area contributed by atoms with E-state index in [1.165, 1.54) is 44.1 Å². The minimum atomic E-state index is 0.413. The molecule has 4 rings (SSSR count). The molecule has 1 aromatic heterocycles. The van der Waals surface area contributed by atoms with E-state index in [2.05, 4.69) is 42.9 Å². The highest BCUT2D eigenvalue weighted by molar-refractivity contribution is 7.85. The van der Waals surface area contributed by atoms with Crippen LogP contribution in [0.2, 0.25) is 0 Å². The minimum absolute atomic E-state index is 0.413. The van der Waals surface area contributed by atoms with Crippen LogP contribution < -0.4 is 0 Å². The third-order valence-electron chi connectivity index (χ3n) is 6.29. The van der Waals surface area contributed by atoms with E-state index in [0.717, 1.165) is 29.0 Å². The molecule has 3 bridgehead atoms. The first kappa shape index (κ1) is 13.6. The first-order chi connectivity index (χ1) is 10.1. The van der Waals surface area contributed by atoms with Gasteiger partial charge in [0.1, 0.15) is 0 Å². The van der Waals surface area contributed by atoms with Gasteiger partial charge < -0.3 is 0 Å². The zero-order valence-corrected chi connectivity index (χ0v) is 13.4. The Hall–Kier alpha value is -1.02. The van der Waals surface area contributed by atoms with E-state index in [4.69, 9.17) is 0 Å². The highest BCUT2D eigenvalue weighted by Crippen LogP contribution is 2.61. The second kappa shape index (κ2) is 4.74. The lowest BCUT2D eigenvalue weighted by atomic mass is 9.59. The summed E-state index contributed by atoms with van der Waals surface area (Å²) in [5, 5.41) is 0. The fourth-order valence-electron chi connectivity index (χ4n) is 5.36. The van der Waals surface area contributed by atoms with Crippen LogP contribution >= 0.6 is 12.6 Å². The Kier molecular flexibility index (Phi) is 3.08. The number of thiol groups is 1. The standard InChI is InChI=1S/C19H23NS/c1-12(13(2)21)18-9-17(4-6-20-18)19-5-3-15-7-14(10-19)8-16(15)11-19/h4,6,9,14-16,21H,1-3,5,7-8,10-11H2. The number of nitrogens with zero attached hydrogens (tertiary/aromatic N) is 1. The van der Waals surface area contributed by atoms with Crippen LogP contribution in [0.25, 0.3) is 5.57 Å². The molecule has 0 spiro atoms. The first-order valence-electron chi connectivity index (χ1n) is 8.11. The number of hydrogen-bond acceptors (Lipinski definition) is 2. The highest BCUT2D eigenvalue weighted by Gasteiger charge is 2.52. The van der Waals surface area contributed by atoms with Gasteiger partial charge in [-0.15, -0.1) is 12.6 Å². The predicted molar refractivity (Wildman–Crippen MR) is 91.2 cm³/mol. The number of hydrogen-bond donors (Lipinski definition) is 1. The smallest absolute Gasteiger partial charge is 0.0709 e. The molecule has 4 unspecified atom stereocenters. The van der Waals surface area contributed by atoms with Gasteiger partial charge in [-0.25, -0.2) is 0 Å². The average molecular weight is 297 g/mol. The van der Waals surface area contributed by atoms with E-state index in [1.807, 2.05) is 6.20 Å². The molecule has 0 aromatic carbocycles. The molecule has 4 atom stereocenters. The summed E-state index contributed by atoms with van der Waals surface area (Å²) in [6.45, 7) is 7.95. The van der Waals surface area contributed by atoms with Gasteiger partial charge in [-0.3, -0.25) is 4.98 Å². The Bertz CT molecular complexity index is 616. The molecule has 3 saturated carbocycles. The summed E-state index contributed by atoms with van der Waals surface area (Å²) in [6.07, 6.45) is 10.5. The van der Waals surface area contributed by atoms with Gasteiger partial charge in [0.25, 0.3) is 0 Å². The van der Waals surface area contributed by atoms with Crippen molar-refractivity contribution in [1.29, 1.82) is 0 Å². The summed E-state index contributed by atoms with van der Waals surface area (Å²) in [5.74, 6) is 2.98. The summed E-state index contributed by atoms with van der Waals surface area (Å²) in [4.78, 5) is 5.19. The maximum absolute atomic E-state index is 4.48. The van der Waals surface area contributed by atoms with Gasteiger partial charge in [0.2, 0.25) is 0 Å². The fraction of sp³-hybridized carbons (Fsp3) is 0.526. The molecule has 0 saturated heterocycles. The largest absolute Gasteiger partial charge is 0.256 e. The molecular formula is C19H23NS. The third kappa shape index (κ3) is 2.11. The quantitative estimate of drug-likeness (QED) is 0.611. The Morgan fingerprint density at radius 1 is 1.24 bits per heavy atom.